The zero-order valence-corrected chi connectivity index (χ0v) is 11.7. The van der Waals surface area contributed by atoms with Gasteiger partial charge in [0.05, 0.1) is 17.8 Å². The van der Waals surface area contributed by atoms with E-state index in [0.717, 1.165) is 36.4 Å². The van der Waals surface area contributed by atoms with Gasteiger partial charge in [0.1, 0.15) is 0 Å². The standard InChI is InChI=1S/C16H20N2O2/c1-12-10-16(20-17-12)14-8-5-9-18(14)11-15(19)13-6-3-2-4-7-13/h2-4,6-7,10,14-15,19H,5,8-9,11H2,1H3/t14-,15+/m0/s1. The molecule has 1 saturated heterocycles. The molecule has 1 aliphatic rings. The lowest BCUT2D eigenvalue weighted by Crippen LogP contribution is -2.28. The number of likely N-dealkylation sites (tertiary alicyclic amines) is 1. The Morgan fingerprint density at radius 3 is 2.90 bits per heavy atom. The number of rotatable bonds is 4. The molecule has 1 N–H and O–H groups in total. The van der Waals surface area contributed by atoms with Crippen LogP contribution in [0.15, 0.2) is 40.9 Å². The van der Waals surface area contributed by atoms with Crippen LogP contribution in [-0.2, 0) is 0 Å². The van der Waals surface area contributed by atoms with Crippen molar-refractivity contribution in [2.24, 2.45) is 0 Å². The summed E-state index contributed by atoms with van der Waals surface area (Å²) in [4.78, 5) is 2.29. The van der Waals surface area contributed by atoms with Gasteiger partial charge in [0, 0.05) is 12.6 Å². The van der Waals surface area contributed by atoms with Crippen LogP contribution in [0.2, 0.25) is 0 Å². The first-order valence-electron chi connectivity index (χ1n) is 7.14. The molecule has 1 aromatic carbocycles. The molecule has 0 amide bonds. The Morgan fingerprint density at radius 2 is 2.20 bits per heavy atom. The lowest BCUT2D eigenvalue weighted by atomic mass is 10.1. The average Bonchev–Trinajstić information content (AvgIpc) is 3.08. The van der Waals surface area contributed by atoms with E-state index >= 15 is 0 Å². The van der Waals surface area contributed by atoms with Gasteiger partial charge in [-0.25, -0.2) is 0 Å². The van der Waals surface area contributed by atoms with E-state index in [1.54, 1.807) is 0 Å². The molecule has 2 heterocycles. The van der Waals surface area contributed by atoms with E-state index in [-0.39, 0.29) is 6.04 Å². The molecule has 0 aliphatic carbocycles. The van der Waals surface area contributed by atoms with E-state index in [1.165, 1.54) is 0 Å². The summed E-state index contributed by atoms with van der Waals surface area (Å²) >= 11 is 0. The topological polar surface area (TPSA) is 49.5 Å². The summed E-state index contributed by atoms with van der Waals surface area (Å²) in [6, 6.07) is 12.1. The van der Waals surface area contributed by atoms with Crippen LogP contribution in [0.3, 0.4) is 0 Å². The fourth-order valence-electron chi connectivity index (χ4n) is 2.91. The van der Waals surface area contributed by atoms with Gasteiger partial charge in [-0.3, -0.25) is 4.90 Å². The Morgan fingerprint density at radius 1 is 1.40 bits per heavy atom. The summed E-state index contributed by atoms with van der Waals surface area (Å²) in [5.41, 5.74) is 1.88. The van der Waals surface area contributed by atoms with Crippen molar-refractivity contribution in [1.29, 1.82) is 0 Å². The summed E-state index contributed by atoms with van der Waals surface area (Å²) in [7, 11) is 0. The Labute approximate surface area is 119 Å². The Bertz CT molecular complexity index is 553. The maximum atomic E-state index is 10.4. The number of hydrogen-bond acceptors (Lipinski definition) is 4. The summed E-state index contributed by atoms with van der Waals surface area (Å²) in [5, 5.41) is 14.3. The number of aryl methyl sites for hydroxylation is 1. The highest BCUT2D eigenvalue weighted by Gasteiger charge is 2.30. The number of aromatic nitrogens is 1. The molecule has 3 rings (SSSR count). The predicted molar refractivity (Wildman–Crippen MR) is 76.2 cm³/mol. The second-order valence-electron chi connectivity index (χ2n) is 5.45. The van der Waals surface area contributed by atoms with Crippen molar-refractivity contribution >= 4 is 0 Å². The maximum Gasteiger partial charge on any atom is 0.154 e. The minimum atomic E-state index is -0.458. The molecule has 1 fully saturated rings. The van der Waals surface area contributed by atoms with Crippen LogP contribution >= 0.6 is 0 Å². The summed E-state index contributed by atoms with van der Waals surface area (Å²) in [5.74, 6) is 0.917. The third-order valence-electron chi connectivity index (χ3n) is 3.93. The molecule has 4 heteroatoms. The molecule has 106 valence electrons. The second-order valence-corrected chi connectivity index (χ2v) is 5.45. The number of aliphatic hydroxyl groups excluding tert-OH is 1. The summed E-state index contributed by atoms with van der Waals surface area (Å²) < 4.78 is 5.39. The van der Waals surface area contributed by atoms with Crippen molar-refractivity contribution in [2.45, 2.75) is 31.9 Å². The van der Waals surface area contributed by atoms with Crippen LogP contribution in [0.1, 0.15) is 42.0 Å². The molecule has 2 aromatic rings. The van der Waals surface area contributed by atoms with Crippen molar-refractivity contribution in [3.8, 4) is 0 Å². The van der Waals surface area contributed by atoms with E-state index in [4.69, 9.17) is 4.52 Å². The fraction of sp³-hybridized carbons (Fsp3) is 0.438. The first-order chi connectivity index (χ1) is 9.74. The largest absolute Gasteiger partial charge is 0.387 e. The molecule has 0 unspecified atom stereocenters. The summed E-state index contributed by atoms with van der Waals surface area (Å²) in [6.07, 6.45) is 1.74. The summed E-state index contributed by atoms with van der Waals surface area (Å²) in [6.45, 7) is 3.56. The third-order valence-corrected chi connectivity index (χ3v) is 3.93. The van der Waals surface area contributed by atoms with Gasteiger partial charge in [0.25, 0.3) is 0 Å². The molecular weight excluding hydrogens is 252 g/mol. The van der Waals surface area contributed by atoms with Gasteiger partial charge in [0.15, 0.2) is 5.76 Å². The van der Waals surface area contributed by atoms with Gasteiger partial charge < -0.3 is 9.63 Å². The number of nitrogens with zero attached hydrogens (tertiary/aromatic N) is 2. The van der Waals surface area contributed by atoms with E-state index in [9.17, 15) is 5.11 Å². The highest BCUT2D eigenvalue weighted by molar-refractivity contribution is 5.18. The van der Waals surface area contributed by atoms with Crippen molar-refractivity contribution in [2.75, 3.05) is 13.1 Å². The maximum absolute atomic E-state index is 10.4. The predicted octanol–water partition coefficient (Wildman–Crippen LogP) is 2.85. The zero-order valence-electron chi connectivity index (χ0n) is 11.7. The van der Waals surface area contributed by atoms with Gasteiger partial charge in [-0.2, -0.15) is 0 Å². The molecule has 0 spiro atoms. The normalized spacial score (nSPS) is 21.2. The molecule has 0 bridgehead atoms. The van der Waals surface area contributed by atoms with E-state index in [2.05, 4.69) is 10.1 Å². The highest BCUT2D eigenvalue weighted by Crippen LogP contribution is 2.33. The molecule has 1 aliphatic heterocycles. The monoisotopic (exact) mass is 272 g/mol. The number of aliphatic hydroxyl groups is 1. The number of hydrogen-bond donors (Lipinski definition) is 1. The minimum Gasteiger partial charge on any atom is -0.387 e. The smallest absolute Gasteiger partial charge is 0.154 e. The van der Waals surface area contributed by atoms with Crippen LogP contribution in [0.5, 0.6) is 0 Å². The van der Waals surface area contributed by atoms with E-state index in [1.807, 2.05) is 43.3 Å². The first kappa shape index (κ1) is 13.3. The molecule has 0 saturated carbocycles. The molecule has 4 nitrogen and oxygen atoms in total. The van der Waals surface area contributed by atoms with E-state index in [0.29, 0.717) is 6.54 Å². The van der Waals surface area contributed by atoms with Crippen molar-refractivity contribution in [1.82, 2.24) is 10.1 Å². The minimum absolute atomic E-state index is 0.245. The Hall–Kier alpha value is -1.65. The molecule has 2 atom stereocenters. The number of β-amino-alcohol motifs (C(OH)–C–C–N with tert-alkyl or cyclic N) is 1. The van der Waals surface area contributed by atoms with Crippen molar-refractivity contribution in [3.63, 3.8) is 0 Å². The lowest BCUT2D eigenvalue weighted by molar-refractivity contribution is 0.0983. The van der Waals surface area contributed by atoms with Crippen LogP contribution in [0.25, 0.3) is 0 Å². The number of benzene rings is 1. The van der Waals surface area contributed by atoms with Crippen LogP contribution in [0, 0.1) is 6.92 Å². The lowest BCUT2D eigenvalue weighted by Gasteiger charge is -2.25. The highest BCUT2D eigenvalue weighted by atomic mass is 16.5. The molecule has 1 aromatic heterocycles. The molecule has 20 heavy (non-hydrogen) atoms. The average molecular weight is 272 g/mol. The first-order valence-corrected chi connectivity index (χ1v) is 7.14. The van der Waals surface area contributed by atoms with Gasteiger partial charge in [-0.05, 0) is 31.9 Å². The SMILES string of the molecule is Cc1cc([C@@H]2CCCN2C[C@@H](O)c2ccccc2)on1. The van der Waals surface area contributed by atoms with Crippen LogP contribution in [-0.4, -0.2) is 28.3 Å². The van der Waals surface area contributed by atoms with Crippen LogP contribution < -0.4 is 0 Å². The van der Waals surface area contributed by atoms with Gasteiger partial charge in [-0.1, -0.05) is 35.5 Å². The second kappa shape index (κ2) is 5.77. The van der Waals surface area contributed by atoms with Gasteiger partial charge in [-0.15, -0.1) is 0 Å². The van der Waals surface area contributed by atoms with Gasteiger partial charge >= 0.3 is 0 Å². The Balaban J connectivity index is 1.70. The fourth-order valence-corrected chi connectivity index (χ4v) is 2.91. The zero-order chi connectivity index (χ0) is 13.9. The van der Waals surface area contributed by atoms with Crippen molar-refractivity contribution < 1.29 is 9.63 Å². The molecular formula is C16H20N2O2. The molecule has 0 radical (unpaired) electrons. The quantitative estimate of drug-likeness (QED) is 0.929. The van der Waals surface area contributed by atoms with Crippen molar-refractivity contribution in [3.05, 3.63) is 53.4 Å². The van der Waals surface area contributed by atoms with Crippen LogP contribution in [0.4, 0.5) is 0 Å². The van der Waals surface area contributed by atoms with E-state index < -0.39 is 6.10 Å². The van der Waals surface area contributed by atoms with Gasteiger partial charge in [0.2, 0.25) is 0 Å². The Kier molecular flexibility index (Phi) is 3.85. The third kappa shape index (κ3) is 2.76.